The van der Waals surface area contributed by atoms with Gasteiger partial charge in [-0.15, -0.1) is 0 Å². The fourth-order valence-electron chi connectivity index (χ4n) is 3.02. The number of aryl methyl sites for hydroxylation is 1. The normalized spacial score (nSPS) is 16.8. The number of likely N-dealkylation sites (tertiary alicyclic amines) is 1. The topological polar surface area (TPSA) is 61.4 Å². The summed E-state index contributed by atoms with van der Waals surface area (Å²) in [6.45, 7) is 3.24. The van der Waals surface area contributed by atoms with Gasteiger partial charge < -0.3 is 15.5 Å². The van der Waals surface area contributed by atoms with Crippen LogP contribution in [-0.2, 0) is 16.1 Å². The summed E-state index contributed by atoms with van der Waals surface area (Å²) in [6, 6.07) is 15.8. The van der Waals surface area contributed by atoms with Crippen molar-refractivity contribution in [3.63, 3.8) is 0 Å². The lowest BCUT2D eigenvalue weighted by molar-refractivity contribution is -0.127. The maximum absolute atomic E-state index is 12.5. The molecule has 1 unspecified atom stereocenters. The minimum Gasteiger partial charge on any atom is -0.379 e. The van der Waals surface area contributed by atoms with Crippen molar-refractivity contribution in [2.24, 2.45) is 5.92 Å². The van der Waals surface area contributed by atoms with Crippen molar-refractivity contribution in [1.29, 1.82) is 0 Å². The Morgan fingerprint density at radius 1 is 1.12 bits per heavy atom. The number of hydrogen-bond acceptors (Lipinski definition) is 3. The van der Waals surface area contributed by atoms with E-state index in [1.165, 1.54) is 11.1 Å². The smallest absolute Gasteiger partial charge is 0.229 e. The summed E-state index contributed by atoms with van der Waals surface area (Å²) < 4.78 is 0. The lowest BCUT2D eigenvalue weighted by Gasteiger charge is -2.16. The van der Waals surface area contributed by atoms with Crippen molar-refractivity contribution in [3.05, 3.63) is 59.7 Å². The molecule has 0 aromatic heterocycles. The number of para-hydroxylation sites is 2. The molecule has 130 valence electrons. The first-order valence-electron chi connectivity index (χ1n) is 8.47. The number of benzene rings is 2. The molecular weight excluding hydrogens is 314 g/mol. The van der Waals surface area contributed by atoms with Crippen LogP contribution in [-0.4, -0.2) is 30.3 Å². The highest BCUT2D eigenvalue weighted by atomic mass is 16.2. The molecular formula is C20H23N3O2. The summed E-state index contributed by atoms with van der Waals surface area (Å²) in [6.07, 6.45) is 0.279. The van der Waals surface area contributed by atoms with Gasteiger partial charge >= 0.3 is 0 Å². The summed E-state index contributed by atoms with van der Waals surface area (Å²) in [4.78, 5) is 25.7. The molecule has 5 nitrogen and oxygen atoms in total. The number of nitrogens with one attached hydrogen (secondary N) is 2. The number of nitrogens with zero attached hydrogens (tertiary/aromatic N) is 1. The molecule has 25 heavy (non-hydrogen) atoms. The molecule has 0 spiro atoms. The predicted molar refractivity (Wildman–Crippen MR) is 99.3 cm³/mol. The highest BCUT2D eigenvalue weighted by molar-refractivity contribution is 5.99. The molecule has 1 heterocycles. The second-order valence-electron chi connectivity index (χ2n) is 6.49. The number of anilines is 2. The van der Waals surface area contributed by atoms with E-state index in [1.54, 1.807) is 11.9 Å². The molecule has 1 atom stereocenters. The van der Waals surface area contributed by atoms with Crippen LogP contribution in [0.1, 0.15) is 17.5 Å². The standard InChI is InChI=1S/C20H23N3O2/c1-14-7-3-4-8-15(14)12-21-17-9-5-6-10-18(17)22-20(25)16-11-19(24)23(2)13-16/h3-10,16,21H,11-13H2,1-2H3,(H,22,25). The lowest BCUT2D eigenvalue weighted by atomic mass is 10.1. The summed E-state index contributed by atoms with van der Waals surface area (Å²) in [5.74, 6) is -0.379. The van der Waals surface area contributed by atoms with Crippen LogP contribution in [0.25, 0.3) is 0 Å². The molecule has 1 fully saturated rings. The van der Waals surface area contributed by atoms with Gasteiger partial charge in [-0.3, -0.25) is 9.59 Å². The van der Waals surface area contributed by atoms with E-state index in [0.717, 1.165) is 11.4 Å². The van der Waals surface area contributed by atoms with Crippen LogP contribution in [0, 0.1) is 12.8 Å². The maximum Gasteiger partial charge on any atom is 0.229 e. The van der Waals surface area contributed by atoms with Crippen LogP contribution >= 0.6 is 0 Å². The monoisotopic (exact) mass is 337 g/mol. The molecule has 1 saturated heterocycles. The quantitative estimate of drug-likeness (QED) is 0.882. The van der Waals surface area contributed by atoms with Crippen molar-refractivity contribution in [2.75, 3.05) is 24.2 Å². The van der Waals surface area contributed by atoms with Gasteiger partial charge in [0.2, 0.25) is 11.8 Å². The largest absolute Gasteiger partial charge is 0.379 e. The predicted octanol–water partition coefficient (Wildman–Crippen LogP) is 3.02. The summed E-state index contributed by atoms with van der Waals surface area (Å²) in [7, 11) is 1.73. The summed E-state index contributed by atoms with van der Waals surface area (Å²) in [5, 5.41) is 6.36. The Bertz CT molecular complexity index is 788. The molecule has 2 amide bonds. The molecule has 0 aliphatic carbocycles. The van der Waals surface area contributed by atoms with Crippen LogP contribution in [0.2, 0.25) is 0 Å². The van der Waals surface area contributed by atoms with Gasteiger partial charge in [0.25, 0.3) is 0 Å². The molecule has 5 heteroatoms. The highest BCUT2D eigenvalue weighted by Gasteiger charge is 2.32. The summed E-state index contributed by atoms with van der Waals surface area (Å²) in [5.41, 5.74) is 4.05. The van der Waals surface area contributed by atoms with Crippen LogP contribution < -0.4 is 10.6 Å². The zero-order valence-corrected chi connectivity index (χ0v) is 14.6. The fourth-order valence-corrected chi connectivity index (χ4v) is 3.02. The van der Waals surface area contributed by atoms with Gasteiger partial charge in [0.1, 0.15) is 0 Å². The first-order chi connectivity index (χ1) is 12.0. The van der Waals surface area contributed by atoms with Crippen molar-refractivity contribution >= 4 is 23.2 Å². The van der Waals surface area contributed by atoms with E-state index in [4.69, 9.17) is 0 Å². The van der Waals surface area contributed by atoms with Crippen molar-refractivity contribution < 1.29 is 9.59 Å². The van der Waals surface area contributed by atoms with E-state index in [-0.39, 0.29) is 24.2 Å². The van der Waals surface area contributed by atoms with Gasteiger partial charge in [0.15, 0.2) is 0 Å². The Labute approximate surface area is 148 Å². The maximum atomic E-state index is 12.5. The van der Waals surface area contributed by atoms with Gasteiger partial charge in [-0.2, -0.15) is 0 Å². The molecule has 1 aliphatic rings. The van der Waals surface area contributed by atoms with E-state index >= 15 is 0 Å². The summed E-state index contributed by atoms with van der Waals surface area (Å²) >= 11 is 0. The van der Waals surface area contributed by atoms with E-state index in [9.17, 15) is 9.59 Å². The number of carbonyl (C=O) groups excluding carboxylic acids is 2. The first-order valence-corrected chi connectivity index (χ1v) is 8.47. The third-order valence-electron chi connectivity index (χ3n) is 4.63. The minimum atomic E-state index is -0.290. The van der Waals surface area contributed by atoms with Crippen LogP contribution in [0.3, 0.4) is 0 Å². The van der Waals surface area contributed by atoms with E-state index in [2.05, 4.69) is 29.7 Å². The van der Waals surface area contributed by atoms with Crippen molar-refractivity contribution in [1.82, 2.24) is 4.90 Å². The number of hydrogen-bond donors (Lipinski definition) is 2. The third-order valence-corrected chi connectivity index (χ3v) is 4.63. The zero-order chi connectivity index (χ0) is 17.8. The molecule has 2 aromatic rings. The van der Waals surface area contributed by atoms with Crippen LogP contribution in [0.5, 0.6) is 0 Å². The second kappa shape index (κ2) is 7.38. The molecule has 0 bridgehead atoms. The van der Waals surface area contributed by atoms with Crippen molar-refractivity contribution in [3.8, 4) is 0 Å². The molecule has 0 radical (unpaired) electrons. The second-order valence-corrected chi connectivity index (χ2v) is 6.49. The lowest BCUT2D eigenvalue weighted by Crippen LogP contribution is -2.26. The van der Waals surface area contributed by atoms with E-state index in [0.29, 0.717) is 13.1 Å². The van der Waals surface area contributed by atoms with Gasteiger partial charge in [0, 0.05) is 26.6 Å². The average Bonchev–Trinajstić information content (AvgIpc) is 2.94. The van der Waals surface area contributed by atoms with Gasteiger partial charge in [-0.1, -0.05) is 36.4 Å². The Hall–Kier alpha value is -2.82. The Kier molecular flexibility index (Phi) is 5.03. The Morgan fingerprint density at radius 2 is 1.80 bits per heavy atom. The van der Waals surface area contributed by atoms with Crippen LogP contribution in [0.15, 0.2) is 48.5 Å². The number of carbonyl (C=O) groups is 2. The fraction of sp³-hybridized carbons (Fsp3) is 0.300. The highest BCUT2D eigenvalue weighted by Crippen LogP contribution is 2.25. The average molecular weight is 337 g/mol. The van der Waals surface area contributed by atoms with E-state index in [1.807, 2.05) is 36.4 Å². The van der Waals surface area contributed by atoms with Gasteiger partial charge in [0.05, 0.1) is 17.3 Å². The molecule has 1 aliphatic heterocycles. The number of rotatable bonds is 5. The number of amides is 2. The molecule has 2 N–H and O–H groups in total. The Balaban J connectivity index is 1.68. The first kappa shape index (κ1) is 17.0. The molecule has 2 aromatic carbocycles. The minimum absolute atomic E-state index is 0.0195. The van der Waals surface area contributed by atoms with Gasteiger partial charge in [-0.25, -0.2) is 0 Å². The Morgan fingerprint density at radius 3 is 2.48 bits per heavy atom. The zero-order valence-electron chi connectivity index (χ0n) is 14.6. The van der Waals surface area contributed by atoms with Crippen molar-refractivity contribution in [2.45, 2.75) is 19.9 Å². The van der Waals surface area contributed by atoms with Gasteiger partial charge in [-0.05, 0) is 30.2 Å². The molecule has 0 saturated carbocycles. The SMILES string of the molecule is Cc1ccccc1CNc1ccccc1NC(=O)C1CC(=O)N(C)C1. The van der Waals surface area contributed by atoms with E-state index < -0.39 is 0 Å². The third kappa shape index (κ3) is 3.99. The van der Waals surface area contributed by atoms with Crippen LogP contribution in [0.4, 0.5) is 11.4 Å². The molecule has 3 rings (SSSR count).